The number of carboxylic acid groups (broad SMARTS) is 1. The lowest BCUT2D eigenvalue weighted by Gasteiger charge is -2.27. The fourth-order valence-corrected chi connectivity index (χ4v) is 1.52. The first-order valence-electron chi connectivity index (χ1n) is 5.70. The normalized spacial score (nSPS) is 11.1. The van der Waals surface area contributed by atoms with Crippen molar-refractivity contribution in [1.29, 1.82) is 0 Å². The average Bonchev–Trinajstić information content (AvgIpc) is 2.35. The molecule has 0 bridgehead atoms. The van der Waals surface area contributed by atoms with Gasteiger partial charge in [0.25, 0.3) is 0 Å². The van der Waals surface area contributed by atoms with Crippen molar-refractivity contribution < 1.29 is 19.5 Å². The Morgan fingerprint density at radius 3 is 2.42 bits per heavy atom. The van der Waals surface area contributed by atoms with Crippen LogP contribution in [0.25, 0.3) is 0 Å². The molecule has 0 aliphatic carbocycles. The van der Waals surface area contributed by atoms with Crippen LogP contribution in [-0.2, 0) is 9.59 Å². The third kappa shape index (κ3) is 5.77. The second-order valence-corrected chi connectivity index (χ2v) is 4.13. The maximum Gasteiger partial charge on any atom is 0.323 e. The summed E-state index contributed by atoms with van der Waals surface area (Å²) < 4.78 is 0. The summed E-state index contributed by atoms with van der Waals surface area (Å²) in [5.74, 6) is 0.504. The molecule has 0 aromatic carbocycles. The van der Waals surface area contributed by atoms with Gasteiger partial charge in [0.2, 0.25) is 5.91 Å². The van der Waals surface area contributed by atoms with Gasteiger partial charge in [-0.1, -0.05) is 12.8 Å². The first-order valence-corrected chi connectivity index (χ1v) is 5.70. The molecular weight excluding hydrogens is 250 g/mol. The molecule has 0 aliphatic rings. The summed E-state index contributed by atoms with van der Waals surface area (Å²) in [4.78, 5) is 36.3. The van der Waals surface area contributed by atoms with Gasteiger partial charge in [-0.2, -0.15) is 0 Å². The Morgan fingerprint density at radius 2 is 2.00 bits per heavy atom. The van der Waals surface area contributed by atoms with E-state index in [4.69, 9.17) is 11.5 Å². The molecule has 2 N–H and O–H groups in total. The number of carbonyl (C=O) groups excluding carboxylic acids is 2. The van der Waals surface area contributed by atoms with E-state index in [1.807, 2.05) is 0 Å². The molecule has 0 spiro atoms. The van der Waals surface area contributed by atoms with E-state index in [0.717, 1.165) is 4.90 Å². The maximum atomic E-state index is 12.0. The molecule has 0 saturated heterocycles. The summed E-state index contributed by atoms with van der Waals surface area (Å²) in [6.45, 7) is 1.29. The Labute approximate surface area is 112 Å². The first kappa shape index (κ1) is 16.8. The van der Waals surface area contributed by atoms with Crippen molar-refractivity contribution in [2.75, 3.05) is 33.7 Å². The van der Waals surface area contributed by atoms with E-state index in [9.17, 15) is 14.4 Å². The van der Waals surface area contributed by atoms with E-state index < -0.39 is 24.5 Å². The largest absolute Gasteiger partial charge is 0.480 e. The van der Waals surface area contributed by atoms with E-state index in [0.29, 0.717) is 0 Å². The molecule has 0 aliphatic heterocycles. The molecule has 0 saturated carbocycles. The number of hydrogen-bond donors (Lipinski definition) is 2. The van der Waals surface area contributed by atoms with E-state index >= 15 is 0 Å². The van der Waals surface area contributed by atoms with Crippen molar-refractivity contribution in [3.63, 3.8) is 0 Å². The van der Waals surface area contributed by atoms with Crippen molar-refractivity contribution in [3.05, 3.63) is 0 Å². The Morgan fingerprint density at radius 1 is 1.42 bits per heavy atom. The lowest BCUT2D eigenvalue weighted by atomic mass is 10.1. The number of carboxylic acids is 1. The summed E-state index contributed by atoms with van der Waals surface area (Å²) in [6, 6.07) is -0.517. The molecule has 1 unspecified atom stereocenters. The first-order chi connectivity index (χ1) is 8.83. The van der Waals surface area contributed by atoms with Gasteiger partial charge in [0.1, 0.15) is 6.54 Å². The Balaban J connectivity index is 4.63. The highest BCUT2D eigenvalue weighted by Gasteiger charge is 2.22. The highest BCUT2D eigenvalue weighted by molar-refractivity contribution is 5.82. The monoisotopic (exact) mass is 269 g/mol. The van der Waals surface area contributed by atoms with E-state index in [2.05, 4.69) is 11.2 Å². The highest BCUT2D eigenvalue weighted by Crippen LogP contribution is 2.02. The van der Waals surface area contributed by atoms with E-state index in [1.54, 1.807) is 6.92 Å². The summed E-state index contributed by atoms with van der Waals surface area (Å²) in [5.41, 5.74) is 0. The van der Waals surface area contributed by atoms with Gasteiger partial charge in [-0.25, -0.2) is 4.79 Å². The lowest BCUT2D eigenvalue weighted by molar-refractivity contribution is -0.137. The van der Waals surface area contributed by atoms with E-state index in [-0.39, 0.29) is 19.0 Å². The third-order valence-electron chi connectivity index (χ3n) is 2.45. The second-order valence-electron chi connectivity index (χ2n) is 4.13. The van der Waals surface area contributed by atoms with Crippen LogP contribution in [0.4, 0.5) is 4.79 Å². The van der Waals surface area contributed by atoms with Gasteiger partial charge in [-0.15, -0.1) is 6.42 Å². The Bertz CT molecular complexity index is 389. The van der Waals surface area contributed by atoms with Gasteiger partial charge in [-0.05, 0) is 0 Å². The number of amides is 3. The second kappa shape index (κ2) is 7.97. The van der Waals surface area contributed by atoms with Crippen molar-refractivity contribution in [1.82, 2.24) is 15.1 Å². The van der Waals surface area contributed by atoms with Crippen LogP contribution in [0.1, 0.15) is 6.92 Å². The van der Waals surface area contributed by atoms with Gasteiger partial charge >= 0.3 is 12.0 Å². The molecule has 0 rings (SSSR count). The lowest BCUT2D eigenvalue weighted by Crippen LogP contribution is -2.46. The molecule has 0 radical (unpaired) electrons. The van der Waals surface area contributed by atoms with Crippen LogP contribution >= 0.6 is 0 Å². The Kier molecular flexibility index (Phi) is 7.04. The zero-order valence-electron chi connectivity index (χ0n) is 11.3. The summed E-state index contributed by atoms with van der Waals surface area (Å²) in [6.07, 6.45) is 5.09. The summed E-state index contributed by atoms with van der Waals surface area (Å²) >= 11 is 0. The van der Waals surface area contributed by atoms with Gasteiger partial charge in [-0.3, -0.25) is 9.59 Å². The van der Waals surface area contributed by atoms with Crippen molar-refractivity contribution in [2.45, 2.75) is 6.92 Å². The zero-order chi connectivity index (χ0) is 15.0. The molecule has 0 aromatic rings. The topological polar surface area (TPSA) is 90.0 Å². The molecular formula is C12H19N3O4. The number of urea groups is 1. The van der Waals surface area contributed by atoms with E-state index in [1.165, 1.54) is 19.0 Å². The van der Waals surface area contributed by atoms with Crippen molar-refractivity contribution in [2.24, 2.45) is 5.92 Å². The number of terminal acetylenes is 1. The predicted octanol–water partition coefficient (Wildman–Crippen LogP) is -0.560. The minimum atomic E-state index is -1.14. The minimum absolute atomic E-state index is 0.0934. The van der Waals surface area contributed by atoms with Crippen LogP contribution in [0.15, 0.2) is 0 Å². The van der Waals surface area contributed by atoms with Crippen molar-refractivity contribution >= 4 is 17.9 Å². The van der Waals surface area contributed by atoms with Gasteiger partial charge in [0.15, 0.2) is 0 Å². The smallest absolute Gasteiger partial charge is 0.323 e. The number of carbonyl (C=O) groups is 3. The predicted molar refractivity (Wildman–Crippen MR) is 69.3 cm³/mol. The van der Waals surface area contributed by atoms with Crippen LogP contribution in [0.2, 0.25) is 0 Å². The molecule has 0 fully saturated rings. The van der Waals surface area contributed by atoms with Gasteiger partial charge < -0.3 is 20.2 Å². The number of aliphatic carboxylic acids is 1. The number of nitrogens with zero attached hydrogens (tertiary/aromatic N) is 2. The van der Waals surface area contributed by atoms with Crippen LogP contribution in [0, 0.1) is 18.3 Å². The minimum Gasteiger partial charge on any atom is -0.480 e. The molecule has 106 valence electrons. The quantitative estimate of drug-likeness (QED) is 0.632. The van der Waals surface area contributed by atoms with Crippen LogP contribution in [0.5, 0.6) is 0 Å². The molecule has 7 heteroatoms. The summed E-state index contributed by atoms with van der Waals surface area (Å²) in [7, 11) is 3.00. The van der Waals surface area contributed by atoms with Crippen LogP contribution in [-0.4, -0.2) is 66.5 Å². The number of rotatable bonds is 6. The fraction of sp³-hybridized carbons (Fsp3) is 0.583. The molecule has 1 atom stereocenters. The Hall–Kier alpha value is -2.23. The average molecular weight is 269 g/mol. The molecule has 7 nitrogen and oxygen atoms in total. The molecule has 3 amide bonds. The summed E-state index contributed by atoms with van der Waals surface area (Å²) in [5, 5.41) is 11.2. The van der Waals surface area contributed by atoms with Gasteiger partial charge in [0.05, 0.1) is 12.5 Å². The highest BCUT2D eigenvalue weighted by atomic mass is 16.4. The standard InChI is InChI=1S/C12H19N3O4/c1-5-6-15(8-10(16)17)12(19)14(4)7-9(2)11(18)13-3/h1,9H,6-8H2,2-4H3,(H,13,18)(H,16,17). The third-order valence-corrected chi connectivity index (χ3v) is 2.45. The number of hydrogen-bond acceptors (Lipinski definition) is 3. The van der Waals surface area contributed by atoms with Gasteiger partial charge in [0, 0.05) is 20.6 Å². The zero-order valence-corrected chi connectivity index (χ0v) is 11.3. The molecule has 19 heavy (non-hydrogen) atoms. The SMILES string of the molecule is C#CCN(CC(=O)O)C(=O)N(C)CC(C)C(=O)NC. The van der Waals surface area contributed by atoms with Crippen molar-refractivity contribution in [3.8, 4) is 12.3 Å². The van der Waals surface area contributed by atoms with Crippen LogP contribution in [0.3, 0.4) is 0 Å². The molecule has 0 aromatic heterocycles. The fourth-order valence-electron chi connectivity index (χ4n) is 1.52. The maximum absolute atomic E-state index is 12.0. The molecule has 0 heterocycles. The number of nitrogens with one attached hydrogen (secondary N) is 1. The van der Waals surface area contributed by atoms with Crippen LogP contribution < -0.4 is 5.32 Å².